The van der Waals surface area contributed by atoms with Crippen molar-refractivity contribution in [3.05, 3.63) is 48.5 Å². The molecule has 1 N–H and O–H groups in total. The molecule has 0 spiro atoms. The standard InChI is InChI=1S/C24H29N3O3/c1-4-17(5-2)9-8-16-30-24-26-22(18-12-14-19(29-3)15-13-18)25-23(27-24)20-10-6-7-11-21(20)28/h6-7,10-15,17,28H,4-5,8-9,16H2,1-3H3. The Morgan fingerprint density at radius 2 is 1.60 bits per heavy atom. The van der Waals surface area contributed by atoms with Gasteiger partial charge < -0.3 is 14.6 Å². The number of nitrogens with zero attached hydrogens (tertiary/aromatic N) is 3. The minimum absolute atomic E-state index is 0.115. The van der Waals surface area contributed by atoms with Crippen LogP contribution in [0.15, 0.2) is 48.5 Å². The summed E-state index contributed by atoms with van der Waals surface area (Å²) in [4.78, 5) is 13.5. The average Bonchev–Trinajstić information content (AvgIpc) is 2.79. The maximum atomic E-state index is 10.3. The highest BCUT2D eigenvalue weighted by Gasteiger charge is 2.14. The molecule has 0 radical (unpaired) electrons. The lowest BCUT2D eigenvalue weighted by molar-refractivity contribution is 0.268. The normalized spacial score (nSPS) is 10.9. The van der Waals surface area contributed by atoms with Crippen molar-refractivity contribution < 1.29 is 14.6 Å². The van der Waals surface area contributed by atoms with Crippen LogP contribution in [0.5, 0.6) is 17.5 Å². The Hall–Kier alpha value is -3.15. The quantitative estimate of drug-likeness (QED) is 0.446. The van der Waals surface area contributed by atoms with Gasteiger partial charge in [0, 0.05) is 5.56 Å². The van der Waals surface area contributed by atoms with Crippen LogP contribution < -0.4 is 9.47 Å². The van der Waals surface area contributed by atoms with Gasteiger partial charge in [-0.2, -0.15) is 9.97 Å². The first-order chi connectivity index (χ1) is 14.6. The first-order valence-electron chi connectivity index (χ1n) is 10.5. The lowest BCUT2D eigenvalue weighted by Crippen LogP contribution is -2.07. The predicted octanol–water partition coefficient (Wildman–Crippen LogP) is 5.52. The van der Waals surface area contributed by atoms with Gasteiger partial charge in [0.15, 0.2) is 11.6 Å². The number of phenolic OH excluding ortho intramolecular Hbond substituents is 1. The molecule has 0 amide bonds. The van der Waals surface area contributed by atoms with E-state index in [9.17, 15) is 5.11 Å². The van der Waals surface area contributed by atoms with E-state index in [1.165, 1.54) is 12.8 Å². The second kappa shape index (κ2) is 10.6. The third-order valence-corrected chi connectivity index (χ3v) is 5.25. The Balaban J connectivity index is 1.87. The van der Waals surface area contributed by atoms with Gasteiger partial charge in [0.05, 0.1) is 19.3 Å². The van der Waals surface area contributed by atoms with Crippen LogP contribution in [-0.2, 0) is 0 Å². The fraction of sp³-hybridized carbons (Fsp3) is 0.375. The maximum absolute atomic E-state index is 10.3. The molecule has 0 atom stereocenters. The van der Waals surface area contributed by atoms with Gasteiger partial charge in [-0.15, -0.1) is 0 Å². The summed E-state index contributed by atoms with van der Waals surface area (Å²) in [5, 5.41) is 10.3. The molecular weight excluding hydrogens is 378 g/mol. The van der Waals surface area contributed by atoms with Crippen LogP contribution in [0.2, 0.25) is 0 Å². The van der Waals surface area contributed by atoms with E-state index in [1.54, 1.807) is 25.3 Å². The Bertz CT molecular complexity index is 941. The molecule has 0 saturated carbocycles. The van der Waals surface area contributed by atoms with Crippen LogP contribution in [0.3, 0.4) is 0 Å². The molecule has 1 heterocycles. The Morgan fingerprint density at radius 3 is 2.27 bits per heavy atom. The third kappa shape index (κ3) is 5.47. The number of phenols is 1. The van der Waals surface area contributed by atoms with Gasteiger partial charge >= 0.3 is 6.01 Å². The van der Waals surface area contributed by atoms with Crippen molar-refractivity contribution in [1.29, 1.82) is 0 Å². The van der Waals surface area contributed by atoms with E-state index in [1.807, 2.05) is 30.3 Å². The van der Waals surface area contributed by atoms with Crippen molar-refractivity contribution in [1.82, 2.24) is 15.0 Å². The SMILES string of the molecule is CCC(CC)CCCOc1nc(-c2ccc(OC)cc2)nc(-c2ccccc2O)n1. The van der Waals surface area contributed by atoms with E-state index in [0.717, 1.165) is 30.1 Å². The summed E-state index contributed by atoms with van der Waals surface area (Å²) in [6.07, 6.45) is 4.43. The van der Waals surface area contributed by atoms with Gasteiger partial charge in [0.1, 0.15) is 11.5 Å². The monoisotopic (exact) mass is 407 g/mol. The van der Waals surface area contributed by atoms with Gasteiger partial charge in [0.2, 0.25) is 0 Å². The largest absolute Gasteiger partial charge is 0.507 e. The van der Waals surface area contributed by atoms with Crippen LogP contribution in [0, 0.1) is 5.92 Å². The summed E-state index contributed by atoms with van der Waals surface area (Å²) in [6.45, 7) is 4.99. The molecule has 158 valence electrons. The van der Waals surface area contributed by atoms with Crippen molar-refractivity contribution >= 4 is 0 Å². The highest BCUT2D eigenvalue weighted by molar-refractivity contribution is 5.66. The van der Waals surface area contributed by atoms with E-state index < -0.39 is 0 Å². The zero-order valence-electron chi connectivity index (χ0n) is 17.8. The van der Waals surface area contributed by atoms with Crippen molar-refractivity contribution in [2.24, 2.45) is 5.92 Å². The van der Waals surface area contributed by atoms with Gasteiger partial charge in [-0.3, -0.25) is 0 Å². The van der Waals surface area contributed by atoms with Gasteiger partial charge in [-0.25, -0.2) is 4.98 Å². The highest BCUT2D eigenvalue weighted by Crippen LogP contribution is 2.29. The molecule has 0 unspecified atom stereocenters. The molecule has 0 bridgehead atoms. The summed E-state index contributed by atoms with van der Waals surface area (Å²) in [7, 11) is 1.63. The number of ether oxygens (including phenoxy) is 2. The minimum Gasteiger partial charge on any atom is -0.507 e. The molecular formula is C24H29N3O3. The maximum Gasteiger partial charge on any atom is 0.320 e. The second-order valence-electron chi connectivity index (χ2n) is 7.18. The molecule has 0 aliphatic rings. The molecule has 1 aromatic heterocycles. The lowest BCUT2D eigenvalue weighted by Gasteiger charge is -2.12. The van der Waals surface area contributed by atoms with Gasteiger partial charge in [-0.1, -0.05) is 38.8 Å². The zero-order valence-corrected chi connectivity index (χ0v) is 17.8. The van der Waals surface area contributed by atoms with Crippen molar-refractivity contribution in [2.75, 3.05) is 13.7 Å². The molecule has 2 aromatic carbocycles. The Morgan fingerprint density at radius 1 is 0.900 bits per heavy atom. The van der Waals surface area contributed by atoms with Crippen LogP contribution >= 0.6 is 0 Å². The number of benzene rings is 2. The molecule has 0 aliphatic carbocycles. The summed E-state index contributed by atoms with van der Waals surface area (Å²) < 4.78 is 11.1. The molecule has 6 nitrogen and oxygen atoms in total. The second-order valence-corrected chi connectivity index (χ2v) is 7.18. The van der Waals surface area contributed by atoms with Crippen LogP contribution in [0.1, 0.15) is 39.5 Å². The Kier molecular flexibility index (Phi) is 7.60. The number of hydrogen-bond acceptors (Lipinski definition) is 6. The molecule has 0 saturated heterocycles. The van der Waals surface area contributed by atoms with Crippen LogP contribution in [0.25, 0.3) is 22.8 Å². The summed E-state index contributed by atoms with van der Waals surface area (Å²) in [6, 6.07) is 14.7. The molecule has 3 aromatic rings. The van der Waals surface area contributed by atoms with E-state index >= 15 is 0 Å². The molecule has 6 heteroatoms. The fourth-order valence-electron chi connectivity index (χ4n) is 3.31. The predicted molar refractivity (Wildman–Crippen MR) is 118 cm³/mol. The minimum atomic E-state index is 0.115. The topological polar surface area (TPSA) is 77.4 Å². The van der Waals surface area contributed by atoms with Crippen LogP contribution in [-0.4, -0.2) is 33.8 Å². The molecule has 0 fully saturated rings. The smallest absolute Gasteiger partial charge is 0.320 e. The third-order valence-electron chi connectivity index (χ3n) is 5.25. The lowest BCUT2D eigenvalue weighted by atomic mass is 9.98. The van der Waals surface area contributed by atoms with E-state index in [0.29, 0.717) is 23.8 Å². The van der Waals surface area contributed by atoms with Crippen molar-refractivity contribution in [3.63, 3.8) is 0 Å². The van der Waals surface area contributed by atoms with Crippen molar-refractivity contribution in [3.8, 4) is 40.3 Å². The number of methoxy groups -OCH3 is 1. The first-order valence-corrected chi connectivity index (χ1v) is 10.5. The number of hydrogen-bond donors (Lipinski definition) is 1. The first kappa shape index (κ1) is 21.6. The van der Waals surface area contributed by atoms with Crippen LogP contribution in [0.4, 0.5) is 0 Å². The zero-order chi connectivity index (χ0) is 21.3. The molecule has 30 heavy (non-hydrogen) atoms. The molecule has 0 aliphatic heterocycles. The number of para-hydroxylation sites is 1. The van der Waals surface area contributed by atoms with Gasteiger partial charge in [0.25, 0.3) is 0 Å². The van der Waals surface area contributed by atoms with Crippen molar-refractivity contribution in [2.45, 2.75) is 39.5 Å². The number of aromatic nitrogens is 3. The summed E-state index contributed by atoms with van der Waals surface area (Å²) >= 11 is 0. The number of aromatic hydroxyl groups is 1. The van der Waals surface area contributed by atoms with Gasteiger partial charge in [-0.05, 0) is 55.2 Å². The Labute approximate surface area is 178 Å². The van der Waals surface area contributed by atoms with E-state index in [4.69, 9.17) is 9.47 Å². The summed E-state index contributed by atoms with van der Waals surface area (Å²) in [5.74, 6) is 2.46. The molecule has 3 rings (SSSR count). The highest BCUT2D eigenvalue weighted by atomic mass is 16.5. The van der Waals surface area contributed by atoms with E-state index in [-0.39, 0.29) is 11.8 Å². The van der Waals surface area contributed by atoms with E-state index in [2.05, 4.69) is 28.8 Å². The summed E-state index contributed by atoms with van der Waals surface area (Å²) in [5.41, 5.74) is 1.35. The fourth-order valence-corrected chi connectivity index (χ4v) is 3.31. The number of rotatable bonds is 10. The average molecular weight is 408 g/mol.